The molecular formula is HClMnO4. The quantitative estimate of drug-likeness (QED) is 0.360. The van der Waals surface area contributed by atoms with Gasteiger partial charge in [-0.25, -0.2) is 0 Å². The second-order valence-corrected chi connectivity index (χ2v) is 1.19. The second-order valence-electron chi connectivity index (χ2n) is 0.396. The molecule has 4 nitrogen and oxygen atoms in total. The molecule has 0 aliphatic rings. The van der Waals surface area contributed by atoms with Crippen molar-refractivity contribution in [2.24, 2.45) is 0 Å². The molecule has 0 rings (SSSR count). The van der Waals surface area contributed by atoms with E-state index >= 15 is 0 Å². The predicted octanol–water partition coefficient (Wildman–Crippen LogP) is -4.13. The van der Waals surface area contributed by atoms with Gasteiger partial charge in [-0.05, 0) is 0 Å². The predicted molar refractivity (Wildman–Crippen MR) is 2.22 cm³/mol. The summed E-state index contributed by atoms with van der Waals surface area (Å²) in [6.45, 7) is 0. The Labute approximate surface area is 46.6 Å². The SMILES string of the molecule is [Mn].[O-][Cl+3]([O-])([O-])O. The van der Waals surface area contributed by atoms with E-state index in [0.29, 0.717) is 0 Å². The largest absolute Gasteiger partial charge is 0.183 e. The molecule has 0 spiro atoms. The van der Waals surface area contributed by atoms with Gasteiger partial charge >= 0.3 is 0 Å². The first-order valence-corrected chi connectivity index (χ1v) is 1.90. The van der Waals surface area contributed by atoms with Crippen LogP contribution in [0.5, 0.6) is 0 Å². The van der Waals surface area contributed by atoms with E-state index in [9.17, 15) is 0 Å². The molecule has 1 radical (unpaired) electrons. The van der Waals surface area contributed by atoms with Gasteiger partial charge in [0.15, 0.2) is 0 Å². The summed E-state index contributed by atoms with van der Waals surface area (Å²) in [6.07, 6.45) is 0. The fraction of sp³-hybridized carbons (Fsp3) is 0. The minimum Gasteiger partial charge on any atom is -0.183 e. The Morgan fingerprint density at radius 3 is 1.17 bits per heavy atom. The van der Waals surface area contributed by atoms with Gasteiger partial charge in [0.05, 0.1) is 14.9 Å². The summed E-state index contributed by atoms with van der Waals surface area (Å²) in [7, 11) is -4.69. The van der Waals surface area contributed by atoms with Gasteiger partial charge in [-0.3, -0.25) is 0 Å². The molecule has 0 saturated carbocycles. The average molecular weight is 155 g/mol. The zero-order valence-electron chi connectivity index (χ0n) is 2.43. The fourth-order valence-electron chi connectivity index (χ4n) is 0. The van der Waals surface area contributed by atoms with Crippen LogP contribution >= 0.6 is 0 Å². The van der Waals surface area contributed by atoms with Crippen LogP contribution in [-0.2, 0) is 17.1 Å². The van der Waals surface area contributed by atoms with Crippen LogP contribution in [0.3, 0.4) is 0 Å². The molecule has 0 bridgehead atoms. The van der Waals surface area contributed by atoms with E-state index in [2.05, 4.69) is 0 Å². The first-order valence-electron chi connectivity index (χ1n) is 0.632. The smallest absolute Gasteiger partial charge is 0.0777 e. The van der Waals surface area contributed by atoms with E-state index in [1.807, 2.05) is 0 Å². The van der Waals surface area contributed by atoms with Crippen molar-refractivity contribution in [3.63, 3.8) is 0 Å². The molecule has 0 aromatic rings. The van der Waals surface area contributed by atoms with Gasteiger partial charge in [0, 0.05) is 17.1 Å². The van der Waals surface area contributed by atoms with Crippen molar-refractivity contribution >= 4 is 0 Å². The third-order valence-corrected chi connectivity index (χ3v) is 0. The van der Waals surface area contributed by atoms with E-state index in [1.54, 1.807) is 0 Å². The maximum atomic E-state index is 8.60. The monoisotopic (exact) mass is 155 g/mol. The Hall–Kier alpha value is 0.649. The molecule has 0 amide bonds. The van der Waals surface area contributed by atoms with Crippen LogP contribution in [0.1, 0.15) is 0 Å². The topological polar surface area (TPSA) is 89.4 Å². The van der Waals surface area contributed by atoms with Crippen molar-refractivity contribution in [2.45, 2.75) is 0 Å². The van der Waals surface area contributed by atoms with E-state index in [1.165, 1.54) is 0 Å². The Kier molecular flexibility index (Phi) is 4.52. The van der Waals surface area contributed by atoms with Crippen molar-refractivity contribution in [2.75, 3.05) is 0 Å². The Morgan fingerprint density at radius 2 is 1.17 bits per heavy atom. The minimum absolute atomic E-state index is 0. The van der Waals surface area contributed by atoms with E-state index in [4.69, 9.17) is 18.6 Å². The third kappa shape index (κ3) is 147. The molecule has 6 heavy (non-hydrogen) atoms. The minimum atomic E-state index is -4.69. The second kappa shape index (κ2) is 2.76. The molecule has 0 saturated heterocycles. The summed E-state index contributed by atoms with van der Waals surface area (Å²) in [5, 5.41) is 0. The number of hydrogen-bond donors (Lipinski definition) is 1. The van der Waals surface area contributed by atoms with Crippen molar-refractivity contribution in [3.8, 4) is 0 Å². The van der Waals surface area contributed by atoms with Gasteiger partial charge in [0.2, 0.25) is 0 Å². The Morgan fingerprint density at radius 1 is 1.17 bits per heavy atom. The number of hydrogen-bond acceptors (Lipinski definition) is 4. The van der Waals surface area contributed by atoms with Crippen LogP contribution in [0.25, 0.3) is 0 Å². The van der Waals surface area contributed by atoms with Crippen LogP contribution in [-0.4, -0.2) is 4.66 Å². The van der Waals surface area contributed by atoms with E-state index in [0.717, 1.165) is 0 Å². The van der Waals surface area contributed by atoms with Crippen molar-refractivity contribution in [1.29, 1.82) is 0 Å². The normalized spacial score (nSPS) is 10.0. The molecule has 0 unspecified atom stereocenters. The molecular weight excluding hydrogens is 154 g/mol. The molecule has 0 aromatic heterocycles. The molecule has 39 valence electrons. The van der Waals surface area contributed by atoms with Crippen molar-refractivity contribution in [1.82, 2.24) is 0 Å². The van der Waals surface area contributed by atoms with Gasteiger partial charge in [-0.2, -0.15) is 14.0 Å². The van der Waals surface area contributed by atoms with Crippen LogP contribution in [0, 0.1) is 10.2 Å². The Bertz CT molecular complexity index is 23.0. The van der Waals surface area contributed by atoms with Gasteiger partial charge in [0.1, 0.15) is 0 Å². The molecule has 1 N–H and O–H groups in total. The van der Waals surface area contributed by atoms with E-state index in [-0.39, 0.29) is 17.1 Å². The third-order valence-electron chi connectivity index (χ3n) is 0. The molecule has 0 aliphatic carbocycles. The van der Waals surface area contributed by atoms with Gasteiger partial charge in [-0.1, -0.05) is 0 Å². The van der Waals surface area contributed by atoms with Gasteiger partial charge in [-0.15, -0.1) is 0 Å². The van der Waals surface area contributed by atoms with E-state index < -0.39 is 10.2 Å². The number of halogens is 1. The molecule has 0 fully saturated rings. The van der Waals surface area contributed by atoms with Gasteiger partial charge in [0.25, 0.3) is 0 Å². The summed E-state index contributed by atoms with van der Waals surface area (Å²) >= 11 is 0. The molecule has 0 atom stereocenters. The number of rotatable bonds is 0. The maximum absolute atomic E-state index is 8.60. The van der Waals surface area contributed by atoms with Gasteiger partial charge < -0.3 is 0 Å². The van der Waals surface area contributed by atoms with Crippen LogP contribution in [0.15, 0.2) is 0 Å². The average Bonchev–Trinajstić information content (AvgIpc) is 0.722. The molecule has 0 heterocycles. The maximum Gasteiger partial charge on any atom is 0.0777 e. The summed E-state index contributed by atoms with van der Waals surface area (Å²) < 4.78 is 32.7. The summed E-state index contributed by atoms with van der Waals surface area (Å²) in [6, 6.07) is 0. The fourth-order valence-corrected chi connectivity index (χ4v) is 0. The first-order chi connectivity index (χ1) is 2.00. The van der Waals surface area contributed by atoms with Crippen molar-refractivity contribution in [3.05, 3.63) is 0 Å². The summed E-state index contributed by atoms with van der Waals surface area (Å²) in [5.41, 5.74) is 0. The van der Waals surface area contributed by atoms with Crippen molar-refractivity contribution < 1.29 is 45.9 Å². The summed E-state index contributed by atoms with van der Waals surface area (Å²) in [4.78, 5) is 0. The zero-order chi connectivity index (χ0) is 4.50. The molecule has 6 heteroatoms. The van der Waals surface area contributed by atoms with Crippen LogP contribution < -0.4 is 14.0 Å². The molecule has 0 aromatic carbocycles. The molecule has 0 aliphatic heterocycles. The van der Waals surface area contributed by atoms with Crippen LogP contribution in [0.4, 0.5) is 0 Å². The van der Waals surface area contributed by atoms with Crippen LogP contribution in [0.2, 0.25) is 0 Å². The zero-order valence-corrected chi connectivity index (χ0v) is 4.36. The standard InChI is InChI=1S/ClHO4.Mn/c2-1(3,4)5;/h(H,2,3,4,5);. The summed E-state index contributed by atoms with van der Waals surface area (Å²) in [5.74, 6) is 0. The Balaban J connectivity index is 0. The first kappa shape index (κ1) is 9.82.